The van der Waals surface area contributed by atoms with Gasteiger partial charge in [-0.1, -0.05) is 85.4 Å². The van der Waals surface area contributed by atoms with Gasteiger partial charge in [-0.05, 0) is 107 Å². The van der Waals surface area contributed by atoms with Gasteiger partial charge in [0.2, 0.25) is 0 Å². The maximum absolute atomic E-state index is 12.1. The minimum atomic E-state index is 0.197. The van der Waals surface area contributed by atoms with Crippen molar-refractivity contribution < 1.29 is 4.79 Å². The molecule has 1 aliphatic heterocycles. The predicted octanol–water partition coefficient (Wildman–Crippen LogP) is 9.04. The maximum atomic E-state index is 12.1. The molecule has 1 N–H and O–H groups in total. The summed E-state index contributed by atoms with van der Waals surface area (Å²) >= 11 is 1.78. The maximum Gasteiger partial charge on any atom is 0.162 e. The van der Waals surface area contributed by atoms with Crippen LogP contribution in [0.2, 0.25) is 0 Å². The molecule has 2 bridgehead atoms. The van der Waals surface area contributed by atoms with Crippen LogP contribution in [-0.4, -0.2) is 51.0 Å². The Hall–Kier alpha value is -3.38. The van der Waals surface area contributed by atoms with Crippen LogP contribution in [0.4, 0.5) is 11.4 Å². The normalized spacial score (nSPS) is 19.5. The highest BCUT2D eigenvalue weighted by atomic mass is 32.2. The van der Waals surface area contributed by atoms with Crippen molar-refractivity contribution in [3.05, 3.63) is 119 Å². The van der Waals surface area contributed by atoms with Crippen LogP contribution in [0.15, 0.2) is 101 Å². The second-order valence-corrected chi connectivity index (χ2v) is 14.1. The zero-order valence-corrected chi connectivity index (χ0v) is 28.3. The summed E-state index contributed by atoms with van der Waals surface area (Å²) in [7, 11) is 6.26. The third kappa shape index (κ3) is 5.98. The number of hydrogen-bond donors (Lipinski definition) is 1. The molecule has 5 heteroatoms. The van der Waals surface area contributed by atoms with Crippen LogP contribution in [0.5, 0.6) is 0 Å². The molecule has 4 nitrogen and oxygen atoms in total. The van der Waals surface area contributed by atoms with Crippen molar-refractivity contribution in [1.29, 1.82) is 0 Å². The summed E-state index contributed by atoms with van der Waals surface area (Å²) in [6.45, 7) is 6.14. The van der Waals surface area contributed by atoms with Crippen molar-refractivity contribution >= 4 is 28.9 Å². The molecule has 1 unspecified atom stereocenters. The number of nitrogens with one attached hydrogen (secondary N) is 1. The molecular weight excluding hydrogens is 571 g/mol. The summed E-state index contributed by atoms with van der Waals surface area (Å²) in [5.74, 6) is 0.825. The van der Waals surface area contributed by atoms with E-state index in [-0.39, 0.29) is 11.2 Å². The van der Waals surface area contributed by atoms with Gasteiger partial charge in [-0.25, -0.2) is 0 Å². The van der Waals surface area contributed by atoms with Crippen LogP contribution >= 0.6 is 11.8 Å². The molecule has 0 saturated carbocycles. The van der Waals surface area contributed by atoms with Gasteiger partial charge < -0.3 is 15.1 Å². The van der Waals surface area contributed by atoms with Gasteiger partial charge in [0.05, 0.1) is 11.4 Å². The van der Waals surface area contributed by atoms with Crippen LogP contribution in [0, 0.1) is 0 Å². The Morgan fingerprint density at radius 3 is 2.24 bits per heavy atom. The highest BCUT2D eigenvalue weighted by Crippen LogP contribution is 2.58. The van der Waals surface area contributed by atoms with Crippen LogP contribution in [0.1, 0.15) is 84.5 Å². The highest BCUT2D eigenvalue weighted by molar-refractivity contribution is 7.99. The van der Waals surface area contributed by atoms with Crippen LogP contribution in [0.25, 0.3) is 0 Å². The number of hydrogen-bond acceptors (Lipinski definition) is 5. The fraction of sp³-hybridized carbons (Fsp3) is 0.375. The smallest absolute Gasteiger partial charge is 0.162 e. The molecule has 1 heterocycles. The number of fused-ring (bicyclic) bond motifs is 3. The van der Waals surface area contributed by atoms with Crippen molar-refractivity contribution in [2.24, 2.45) is 0 Å². The van der Waals surface area contributed by atoms with E-state index in [0.29, 0.717) is 18.4 Å². The van der Waals surface area contributed by atoms with Crippen molar-refractivity contribution in [2.45, 2.75) is 73.1 Å². The summed E-state index contributed by atoms with van der Waals surface area (Å²) < 4.78 is 0. The van der Waals surface area contributed by atoms with E-state index in [4.69, 9.17) is 0 Å². The number of anilines is 2. The molecule has 0 aromatic heterocycles. The molecule has 8 rings (SSSR count). The fourth-order valence-corrected chi connectivity index (χ4v) is 8.63. The quantitative estimate of drug-likeness (QED) is 0.150. The first kappa shape index (κ1) is 31.6. The monoisotopic (exact) mass is 617 g/mol. The average molecular weight is 618 g/mol. The van der Waals surface area contributed by atoms with Crippen molar-refractivity contribution in [3.8, 4) is 0 Å². The lowest BCUT2D eigenvalue weighted by Crippen LogP contribution is -2.40. The minimum absolute atomic E-state index is 0.197. The van der Waals surface area contributed by atoms with Crippen LogP contribution in [-0.2, 0) is 5.41 Å². The van der Waals surface area contributed by atoms with E-state index in [1.54, 1.807) is 34.0 Å². The lowest BCUT2D eigenvalue weighted by atomic mass is 9.54. The number of carbonyl (C=O) groups is 1. The van der Waals surface area contributed by atoms with E-state index >= 15 is 0 Å². The standard InChI is InChI=1S/C20H24N2OS.C20H23N/c1-5-18(23)15-10-11-20-17(12-15)22(13-14(2)21(3)4)16-8-6-7-9-19(16)24-20;1-21-14-6-12-20-13-11-15(16-7-2-4-9-18(16)20)17-8-3-5-10-19(17)20/h6-12,14H,5,13H2,1-4H3;2-5,7-10,15,21H,6,11-14H2,1H3. The number of rotatable bonds is 9. The van der Waals surface area contributed by atoms with Crippen molar-refractivity contribution in [3.63, 3.8) is 0 Å². The third-order valence-corrected chi connectivity index (χ3v) is 11.3. The summed E-state index contributed by atoms with van der Waals surface area (Å²) in [6.07, 6.45) is 5.66. The molecule has 4 aromatic rings. The van der Waals surface area contributed by atoms with Crippen LogP contribution < -0.4 is 10.2 Å². The predicted molar refractivity (Wildman–Crippen MR) is 190 cm³/mol. The Bertz CT molecular complexity index is 1620. The number of para-hydroxylation sites is 1. The molecule has 0 radical (unpaired) electrons. The lowest BCUT2D eigenvalue weighted by Gasteiger charge is -2.50. The summed E-state index contributed by atoms with van der Waals surface area (Å²) in [5.41, 5.74) is 9.83. The molecular formula is C40H47N3OS. The molecule has 4 aliphatic rings. The molecule has 0 fully saturated rings. The van der Waals surface area contributed by atoms with Gasteiger partial charge in [-0.2, -0.15) is 0 Å². The molecule has 234 valence electrons. The molecule has 0 spiro atoms. The first-order chi connectivity index (χ1) is 21.9. The topological polar surface area (TPSA) is 35.6 Å². The SMILES string of the molecule is CCC(=O)c1ccc2c(c1)N(CC(C)N(C)C)c1ccccc1S2.CNCCCC12CCC(c3ccccc31)c1ccccc12. The Morgan fingerprint density at radius 2 is 1.58 bits per heavy atom. The first-order valence-electron chi connectivity index (χ1n) is 16.6. The molecule has 1 atom stereocenters. The zero-order chi connectivity index (χ0) is 31.6. The number of ketones is 1. The van der Waals surface area contributed by atoms with E-state index in [9.17, 15) is 4.79 Å². The number of likely N-dealkylation sites (N-methyl/N-ethyl adjacent to an activating group) is 1. The molecule has 0 amide bonds. The second kappa shape index (κ2) is 13.5. The lowest BCUT2D eigenvalue weighted by molar-refractivity contribution is 0.0988. The van der Waals surface area contributed by atoms with Gasteiger partial charge in [0.15, 0.2) is 5.78 Å². The number of nitrogens with zero attached hydrogens (tertiary/aromatic N) is 2. The molecule has 0 saturated heterocycles. The largest absolute Gasteiger partial charge is 0.338 e. The van der Waals surface area contributed by atoms with Gasteiger partial charge in [-0.3, -0.25) is 4.79 Å². The van der Waals surface area contributed by atoms with E-state index in [1.807, 2.05) is 13.0 Å². The summed E-state index contributed by atoms with van der Waals surface area (Å²) in [4.78, 5) is 19.2. The molecule has 4 aromatic carbocycles. The van der Waals surface area contributed by atoms with Crippen molar-refractivity contribution in [2.75, 3.05) is 39.1 Å². The molecule has 45 heavy (non-hydrogen) atoms. The highest BCUT2D eigenvalue weighted by Gasteiger charge is 2.47. The van der Waals surface area contributed by atoms with E-state index < -0.39 is 0 Å². The van der Waals surface area contributed by atoms with E-state index in [2.05, 4.69) is 128 Å². The van der Waals surface area contributed by atoms with Crippen molar-refractivity contribution in [1.82, 2.24) is 10.2 Å². The van der Waals surface area contributed by atoms with Gasteiger partial charge in [0.25, 0.3) is 0 Å². The van der Waals surface area contributed by atoms with E-state index in [1.165, 1.54) is 41.2 Å². The number of benzene rings is 4. The summed E-state index contributed by atoms with van der Waals surface area (Å²) in [5, 5.41) is 3.31. The van der Waals surface area contributed by atoms with E-state index in [0.717, 1.165) is 24.3 Å². The Balaban J connectivity index is 0.000000160. The average Bonchev–Trinajstić information content (AvgIpc) is 3.08. The second-order valence-electron chi connectivity index (χ2n) is 13.0. The van der Waals surface area contributed by atoms with Gasteiger partial charge in [-0.15, -0.1) is 0 Å². The Labute approximate surface area is 274 Å². The number of Topliss-reactive ketones (excluding diaryl/α,β-unsaturated/α-hetero) is 1. The summed E-state index contributed by atoms with van der Waals surface area (Å²) in [6, 6.07) is 33.4. The number of carbonyl (C=O) groups excluding carboxylic acids is 1. The van der Waals surface area contributed by atoms with Gasteiger partial charge in [0, 0.05) is 45.7 Å². The zero-order valence-electron chi connectivity index (χ0n) is 27.5. The van der Waals surface area contributed by atoms with Crippen LogP contribution in [0.3, 0.4) is 0 Å². The fourth-order valence-electron chi connectivity index (χ4n) is 7.55. The third-order valence-electron chi connectivity index (χ3n) is 10.2. The minimum Gasteiger partial charge on any atom is -0.338 e. The molecule has 3 aliphatic carbocycles. The Kier molecular flexibility index (Phi) is 9.51. The van der Waals surface area contributed by atoms with Gasteiger partial charge >= 0.3 is 0 Å². The first-order valence-corrected chi connectivity index (χ1v) is 17.4. The van der Waals surface area contributed by atoms with Gasteiger partial charge in [0.1, 0.15) is 0 Å². The Morgan fingerprint density at radius 1 is 0.933 bits per heavy atom.